The van der Waals surface area contributed by atoms with Crippen molar-refractivity contribution >= 4 is 5.69 Å². The Kier molecular flexibility index (Phi) is 2.97. The number of nitro groups is 1. The zero-order chi connectivity index (χ0) is 9.84. The van der Waals surface area contributed by atoms with Gasteiger partial charge < -0.3 is 5.32 Å². The fraction of sp³-hybridized carbons (Fsp3) is 0.333. The number of nitro benzene ring substituents is 1. The third-order valence-electron chi connectivity index (χ3n) is 1.90. The molecule has 0 unspecified atom stereocenters. The summed E-state index contributed by atoms with van der Waals surface area (Å²) in [5, 5.41) is 13.4. The largest absolute Gasteiger partial charge is 0.316 e. The molecule has 4 heteroatoms. The maximum absolute atomic E-state index is 10.4. The van der Waals surface area contributed by atoms with Crippen molar-refractivity contribution in [3.63, 3.8) is 0 Å². The number of aryl methyl sites for hydroxylation is 1. The van der Waals surface area contributed by atoms with E-state index in [-0.39, 0.29) is 10.6 Å². The van der Waals surface area contributed by atoms with Gasteiger partial charge in [0.1, 0.15) is 0 Å². The number of hydrogen-bond donors (Lipinski definition) is 1. The van der Waals surface area contributed by atoms with Crippen LogP contribution in [0.1, 0.15) is 11.1 Å². The van der Waals surface area contributed by atoms with E-state index in [0.717, 1.165) is 17.7 Å². The molecule has 0 radical (unpaired) electrons. The molecule has 0 spiro atoms. The molecule has 0 saturated carbocycles. The van der Waals surface area contributed by atoms with Gasteiger partial charge in [-0.1, -0.05) is 6.07 Å². The zero-order valence-corrected chi connectivity index (χ0v) is 7.70. The molecule has 1 N–H and O–H groups in total. The molecule has 0 aliphatic carbocycles. The summed E-state index contributed by atoms with van der Waals surface area (Å²) >= 11 is 0. The summed E-state index contributed by atoms with van der Waals surface area (Å²) in [5.74, 6) is 0. The predicted molar refractivity (Wildman–Crippen MR) is 50.6 cm³/mol. The molecule has 0 saturated heterocycles. The maximum atomic E-state index is 10.4. The summed E-state index contributed by atoms with van der Waals surface area (Å²) in [4.78, 5) is 10.0. The third-order valence-corrected chi connectivity index (χ3v) is 1.90. The molecule has 13 heavy (non-hydrogen) atoms. The van der Waals surface area contributed by atoms with E-state index in [1.165, 1.54) is 6.07 Å². The summed E-state index contributed by atoms with van der Waals surface area (Å²) in [6.45, 7) is 2.61. The highest BCUT2D eigenvalue weighted by molar-refractivity contribution is 5.39. The first-order valence-corrected chi connectivity index (χ1v) is 4.03. The Balaban J connectivity index is 2.98. The van der Waals surface area contributed by atoms with E-state index < -0.39 is 0 Å². The zero-order valence-electron chi connectivity index (χ0n) is 7.70. The predicted octanol–water partition coefficient (Wildman–Crippen LogP) is 1.62. The molecule has 0 atom stereocenters. The Morgan fingerprint density at radius 3 is 2.69 bits per heavy atom. The minimum absolute atomic E-state index is 0.150. The van der Waals surface area contributed by atoms with E-state index in [9.17, 15) is 10.1 Å². The monoisotopic (exact) mass is 180 g/mol. The molecule has 0 heterocycles. The summed E-state index contributed by atoms with van der Waals surface area (Å²) in [6, 6.07) is 4.90. The lowest BCUT2D eigenvalue weighted by molar-refractivity contribution is -0.384. The molecular formula is C9H12N2O2. The average Bonchev–Trinajstić information content (AvgIpc) is 2.08. The third kappa shape index (κ3) is 2.26. The Hall–Kier alpha value is -1.42. The van der Waals surface area contributed by atoms with Gasteiger partial charge in [-0.15, -0.1) is 0 Å². The Bertz CT molecular complexity index is 323. The lowest BCUT2D eigenvalue weighted by Gasteiger charge is -2.03. The van der Waals surface area contributed by atoms with Crippen LogP contribution in [0.4, 0.5) is 5.69 Å². The summed E-state index contributed by atoms with van der Waals surface area (Å²) in [6.07, 6.45) is 0. The van der Waals surface area contributed by atoms with Crippen LogP contribution in [0.15, 0.2) is 18.2 Å². The van der Waals surface area contributed by atoms with Crippen LogP contribution in [0, 0.1) is 17.0 Å². The number of nitrogens with one attached hydrogen (secondary N) is 1. The van der Waals surface area contributed by atoms with Gasteiger partial charge in [0.25, 0.3) is 5.69 Å². The van der Waals surface area contributed by atoms with Crippen LogP contribution in [0.25, 0.3) is 0 Å². The van der Waals surface area contributed by atoms with Crippen molar-refractivity contribution in [1.29, 1.82) is 0 Å². The van der Waals surface area contributed by atoms with Crippen molar-refractivity contribution < 1.29 is 4.92 Å². The highest BCUT2D eigenvalue weighted by atomic mass is 16.6. The fourth-order valence-electron chi connectivity index (χ4n) is 1.18. The van der Waals surface area contributed by atoms with Crippen molar-refractivity contribution in [3.8, 4) is 0 Å². The molecular weight excluding hydrogens is 168 g/mol. The molecule has 1 aromatic rings. The van der Waals surface area contributed by atoms with Gasteiger partial charge in [-0.05, 0) is 25.1 Å². The normalized spacial score (nSPS) is 10.0. The second-order valence-corrected chi connectivity index (χ2v) is 2.90. The first-order valence-electron chi connectivity index (χ1n) is 4.03. The Morgan fingerprint density at radius 2 is 2.23 bits per heavy atom. The highest BCUT2D eigenvalue weighted by Gasteiger charge is 2.06. The van der Waals surface area contributed by atoms with Gasteiger partial charge in [0.2, 0.25) is 0 Å². The molecule has 1 rings (SSSR count). The molecule has 70 valence electrons. The second-order valence-electron chi connectivity index (χ2n) is 2.90. The van der Waals surface area contributed by atoms with Crippen LogP contribution < -0.4 is 5.32 Å². The molecule has 1 aromatic carbocycles. The van der Waals surface area contributed by atoms with Crippen LogP contribution in [0.3, 0.4) is 0 Å². The topological polar surface area (TPSA) is 55.2 Å². The van der Waals surface area contributed by atoms with Crippen molar-refractivity contribution in [3.05, 3.63) is 39.4 Å². The van der Waals surface area contributed by atoms with Gasteiger partial charge in [0, 0.05) is 18.7 Å². The molecule has 0 aliphatic heterocycles. The SMILES string of the molecule is CNCc1ccc([N+](=O)[O-])cc1C. The lowest BCUT2D eigenvalue weighted by atomic mass is 10.1. The smallest absolute Gasteiger partial charge is 0.269 e. The van der Waals surface area contributed by atoms with Crippen LogP contribution in [-0.4, -0.2) is 12.0 Å². The summed E-state index contributed by atoms with van der Waals surface area (Å²) < 4.78 is 0. The standard InChI is InChI=1S/C9H12N2O2/c1-7-5-9(11(12)13)4-3-8(7)6-10-2/h3-5,10H,6H2,1-2H3. The first kappa shape index (κ1) is 9.67. The number of rotatable bonds is 3. The Labute approximate surface area is 76.7 Å². The molecule has 0 fully saturated rings. The number of benzene rings is 1. The van der Waals surface area contributed by atoms with E-state index in [4.69, 9.17) is 0 Å². The number of nitrogens with zero attached hydrogens (tertiary/aromatic N) is 1. The molecule has 0 amide bonds. The second kappa shape index (κ2) is 4.00. The van der Waals surface area contributed by atoms with Gasteiger partial charge >= 0.3 is 0 Å². The van der Waals surface area contributed by atoms with Crippen LogP contribution in [0.2, 0.25) is 0 Å². The average molecular weight is 180 g/mol. The van der Waals surface area contributed by atoms with Crippen molar-refractivity contribution in [2.75, 3.05) is 7.05 Å². The Morgan fingerprint density at radius 1 is 1.54 bits per heavy atom. The molecule has 0 bridgehead atoms. The molecule has 0 aliphatic rings. The van der Waals surface area contributed by atoms with Crippen LogP contribution >= 0.6 is 0 Å². The van der Waals surface area contributed by atoms with Gasteiger partial charge in [0.15, 0.2) is 0 Å². The number of hydrogen-bond acceptors (Lipinski definition) is 3. The van der Waals surface area contributed by atoms with Crippen molar-refractivity contribution in [2.24, 2.45) is 0 Å². The minimum Gasteiger partial charge on any atom is -0.316 e. The van der Waals surface area contributed by atoms with E-state index in [1.807, 2.05) is 14.0 Å². The van der Waals surface area contributed by atoms with E-state index in [1.54, 1.807) is 12.1 Å². The van der Waals surface area contributed by atoms with E-state index in [2.05, 4.69) is 5.32 Å². The lowest BCUT2D eigenvalue weighted by Crippen LogP contribution is -2.06. The fourth-order valence-corrected chi connectivity index (χ4v) is 1.18. The van der Waals surface area contributed by atoms with Gasteiger partial charge in [-0.3, -0.25) is 10.1 Å². The van der Waals surface area contributed by atoms with Gasteiger partial charge in [-0.25, -0.2) is 0 Å². The van der Waals surface area contributed by atoms with Gasteiger partial charge in [-0.2, -0.15) is 0 Å². The van der Waals surface area contributed by atoms with Crippen LogP contribution in [-0.2, 0) is 6.54 Å². The summed E-state index contributed by atoms with van der Waals surface area (Å²) in [7, 11) is 1.85. The van der Waals surface area contributed by atoms with E-state index >= 15 is 0 Å². The highest BCUT2D eigenvalue weighted by Crippen LogP contribution is 2.16. The number of non-ortho nitro benzene ring substituents is 1. The van der Waals surface area contributed by atoms with Crippen LogP contribution in [0.5, 0.6) is 0 Å². The quantitative estimate of drug-likeness (QED) is 0.568. The van der Waals surface area contributed by atoms with Crippen molar-refractivity contribution in [1.82, 2.24) is 5.32 Å². The summed E-state index contributed by atoms with van der Waals surface area (Å²) in [5.41, 5.74) is 2.19. The van der Waals surface area contributed by atoms with Gasteiger partial charge in [0.05, 0.1) is 4.92 Å². The van der Waals surface area contributed by atoms with Crippen molar-refractivity contribution in [2.45, 2.75) is 13.5 Å². The minimum atomic E-state index is -0.379. The molecule has 0 aromatic heterocycles. The van der Waals surface area contributed by atoms with E-state index in [0.29, 0.717) is 0 Å². The molecule has 4 nitrogen and oxygen atoms in total. The maximum Gasteiger partial charge on any atom is 0.269 e. The first-order chi connectivity index (χ1) is 6.15.